The van der Waals surface area contributed by atoms with Crippen molar-refractivity contribution in [3.63, 3.8) is 0 Å². The van der Waals surface area contributed by atoms with E-state index in [-0.39, 0.29) is 0 Å². The Bertz CT molecular complexity index is 1170. The molecule has 0 aliphatic rings. The molecule has 2 aromatic heterocycles. The van der Waals surface area contributed by atoms with E-state index in [9.17, 15) is 10.4 Å². The van der Waals surface area contributed by atoms with Gasteiger partial charge in [0.1, 0.15) is 11.9 Å². The number of hydrogen-bond acceptors (Lipinski definition) is 4. The van der Waals surface area contributed by atoms with Crippen LogP contribution in [-0.2, 0) is 0 Å². The van der Waals surface area contributed by atoms with Gasteiger partial charge in [0.05, 0.1) is 22.7 Å². The number of halogens is 1. The third kappa shape index (κ3) is 3.10. The van der Waals surface area contributed by atoms with Crippen LogP contribution >= 0.6 is 11.6 Å². The van der Waals surface area contributed by atoms with Crippen LogP contribution < -0.4 is 5.32 Å². The summed E-state index contributed by atoms with van der Waals surface area (Å²) in [5, 5.41) is 24.0. The molecule has 6 heteroatoms. The first kappa shape index (κ1) is 17.3. The number of hydrogen-bond donors (Lipinski definition) is 2. The first-order valence-corrected chi connectivity index (χ1v) is 8.94. The number of nitrogens with zero attached hydrogens (tertiary/aromatic N) is 3. The fourth-order valence-electron chi connectivity index (χ4n) is 3.23. The summed E-state index contributed by atoms with van der Waals surface area (Å²) < 4.78 is 1.93. The summed E-state index contributed by atoms with van der Waals surface area (Å²) in [4.78, 5) is 4.63. The fraction of sp³-hybridized carbons (Fsp3) is 0.143. The van der Waals surface area contributed by atoms with Crippen molar-refractivity contribution in [3.05, 3.63) is 76.3 Å². The summed E-state index contributed by atoms with van der Waals surface area (Å²) in [5.74, 6) is 0.781. The highest BCUT2D eigenvalue weighted by Gasteiger charge is 2.16. The highest BCUT2D eigenvalue weighted by Crippen LogP contribution is 2.27. The van der Waals surface area contributed by atoms with Crippen molar-refractivity contribution in [3.8, 4) is 6.07 Å². The van der Waals surface area contributed by atoms with E-state index in [4.69, 9.17) is 11.6 Å². The highest BCUT2D eigenvalue weighted by atomic mass is 35.5. The number of aryl methyl sites for hydroxylation is 1. The molecule has 2 heterocycles. The van der Waals surface area contributed by atoms with Crippen molar-refractivity contribution in [1.29, 1.82) is 5.26 Å². The SMILES string of the molecule is Cc1cc(NCC(O)c2ccc(Cl)cc2)n2c(nc3ccccc32)c1C#N. The number of anilines is 1. The van der Waals surface area contributed by atoms with Crippen LogP contribution in [0.4, 0.5) is 5.82 Å². The Hall–Kier alpha value is -3.07. The molecule has 0 radical (unpaired) electrons. The Kier molecular flexibility index (Phi) is 4.44. The zero-order chi connectivity index (χ0) is 19.0. The van der Waals surface area contributed by atoms with Crippen LogP contribution in [0.15, 0.2) is 54.6 Å². The van der Waals surface area contributed by atoms with Crippen molar-refractivity contribution in [2.75, 3.05) is 11.9 Å². The van der Waals surface area contributed by atoms with Gasteiger partial charge >= 0.3 is 0 Å². The molecular weight excluding hydrogens is 360 g/mol. The lowest BCUT2D eigenvalue weighted by atomic mass is 10.1. The van der Waals surface area contributed by atoms with E-state index in [0.29, 0.717) is 22.8 Å². The Labute approximate surface area is 161 Å². The number of nitrogens with one attached hydrogen (secondary N) is 1. The quantitative estimate of drug-likeness (QED) is 0.551. The summed E-state index contributed by atoms with van der Waals surface area (Å²) in [6.45, 7) is 2.20. The second kappa shape index (κ2) is 6.92. The highest BCUT2D eigenvalue weighted by molar-refractivity contribution is 6.30. The molecule has 5 nitrogen and oxygen atoms in total. The minimum Gasteiger partial charge on any atom is -0.387 e. The molecule has 0 saturated heterocycles. The smallest absolute Gasteiger partial charge is 0.157 e. The molecule has 2 N–H and O–H groups in total. The third-order valence-corrected chi connectivity index (χ3v) is 4.87. The maximum atomic E-state index is 10.5. The second-order valence-electron chi connectivity index (χ2n) is 6.41. The maximum absolute atomic E-state index is 10.5. The zero-order valence-electron chi connectivity index (χ0n) is 14.6. The Morgan fingerprint density at radius 2 is 1.96 bits per heavy atom. The van der Waals surface area contributed by atoms with Gasteiger partial charge in [0, 0.05) is 11.6 Å². The average molecular weight is 377 g/mol. The molecule has 1 atom stereocenters. The van der Waals surface area contributed by atoms with Gasteiger partial charge in [0.15, 0.2) is 5.65 Å². The minimum atomic E-state index is -0.692. The third-order valence-electron chi connectivity index (χ3n) is 4.62. The standard InChI is InChI=1S/C21H17ClN4O/c1-13-10-20(24-12-19(27)14-6-8-15(22)9-7-14)26-18-5-3-2-4-17(18)25-21(26)16(13)11-23/h2-10,19,24,27H,12H2,1H3. The maximum Gasteiger partial charge on any atom is 0.157 e. The molecule has 0 aliphatic heterocycles. The lowest BCUT2D eigenvalue weighted by molar-refractivity contribution is 0.191. The van der Waals surface area contributed by atoms with Crippen molar-refractivity contribution in [1.82, 2.24) is 9.38 Å². The topological polar surface area (TPSA) is 73.3 Å². The van der Waals surface area contributed by atoms with Gasteiger partial charge in [-0.15, -0.1) is 0 Å². The number of rotatable bonds is 4. The molecular formula is C21H17ClN4O. The lowest BCUT2D eigenvalue weighted by Crippen LogP contribution is -2.14. The van der Waals surface area contributed by atoms with E-state index in [0.717, 1.165) is 28.0 Å². The molecule has 0 saturated carbocycles. The van der Waals surface area contributed by atoms with E-state index in [1.165, 1.54) is 0 Å². The molecule has 0 spiro atoms. The molecule has 2 aromatic carbocycles. The monoisotopic (exact) mass is 376 g/mol. The average Bonchev–Trinajstić information content (AvgIpc) is 3.06. The Balaban J connectivity index is 1.75. The number of pyridine rings is 1. The molecule has 0 aliphatic carbocycles. The zero-order valence-corrected chi connectivity index (χ0v) is 15.4. The molecule has 4 aromatic rings. The van der Waals surface area contributed by atoms with Crippen molar-refractivity contribution >= 4 is 34.1 Å². The summed E-state index contributed by atoms with van der Waals surface area (Å²) >= 11 is 5.91. The number of aromatic nitrogens is 2. The van der Waals surface area contributed by atoms with Crippen LogP contribution in [-0.4, -0.2) is 21.0 Å². The van der Waals surface area contributed by atoms with Gasteiger partial charge < -0.3 is 10.4 Å². The van der Waals surface area contributed by atoms with Crippen LogP contribution in [0.25, 0.3) is 16.7 Å². The largest absolute Gasteiger partial charge is 0.387 e. The van der Waals surface area contributed by atoms with E-state index in [1.54, 1.807) is 24.3 Å². The molecule has 0 fully saturated rings. The van der Waals surface area contributed by atoms with Gasteiger partial charge in [0.25, 0.3) is 0 Å². The number of fused-ring (bicyclic) bond motifs is 3. The van der Waals surface area contributed by atoms with Crippen molar-refractivity contribution < 1.29 is 5.11 Å². The Morgan fingerprint density at radius 3 is 2.70 bits per heavy atom. The molecule has 27 heavy (non-hydrogen) atoms. The van der Waals surface area contributed by atoms with Crippen LogP contribution in [0.5, 0.6) is 0 Å². The number of aliphatic hydroxyl groups is 1. The van der Waals surface area contributed by atoms with E-state index < -0.39 is 6.10 Å². The first-order valence-electron chi connectivity index (χ1n) is 8.57. The molecule has 0 amide bonds. The summed E-state index contributed by atoms with van der Waals surface area (Å²) in [6.07, 6.45) is -0.692. The van der Waals surface area contributed by atoms with Gasteiger partial charge in [-0.3, -0.25) is 4.40 Å². The van der Waals surface area contributed by atoms with Gasteiger partial charge in [-0.1, -0.05) is 35.9 Å². The lowest BCUT2D eigenvalue weighted by Gasteiger charge is -2.16. The number of aliphatic hydroxyl groups excluding tert-OH is 1. The van der Waals surface area contributed by atoms with Crippen LogP contribution in [0, 0.1) is 18.3 Å². The van der Waals surface area contributed by atoms with Crippen molar-refractivity contribution in [2.24, 2.45) is 0 Å². The fourth-order valence-corrected chi connectivity index (χ4v) is 3.35. The summed E-state index contributed by atoms with van der Waals surface area (Å²) in [5.41, 5.74) is 4.51. The van der Waals surface area contributed by atoms with Crippen LogP contribution in [0.3, 0.4) is 0 Å². The number of imidazole rings is 1. The summed E-state index contributed by atoms with van der Waals surface area (Å²) in [7, 11) is 0. The minimum absolute atomic E-state index is 0.314. The van der Waals surface area contributed by atoms with Gasteiger partial charge in [-0.05, 0) is 48.4 Å². The van der Waals surface area contributed by atoms with Crippen LogP contribution in [0.1, 0.15) is 22.8 Å². The molecule has 1 unspecified atom stereocenters. The second-order valence-corrected chi connectivity index (χ2v) is 6.84. The normalized spacial score (nSPS) is 12.2. The van der Waals surface area contributed by atoms with E-state index in [1.807, 2.05) is 41.7 Å². The molecule has 0 bridgehead atoms. The van der Waals surface area contributed by atoms with Gasteiger partial charge in [-0.25, -0.2) is 4.98 Å². The van der Waals surface area contributed by atoms with Crippen LogP contribution in [0.2, 0.25) is 5.02 Å². The number of para-hydroxylation sites is 2. The van der Waals surface area contributed by atoms with Gasteiger partial charge in [0.2, 0.25) is 0 Å². The van der Waals surface area contributed by atoms with Gasteiger partial charge in [-0.2, -0.15) is 5.26 Å². The van der Waals surface area contributed by atoms with Crippen molar-refractivity contribution in [2.45, 2.75) is 13.0 Å². The molecule has 4 rings (SSSR count). The number of benzene rings is 2. The van der Waals surface area contributed by atoms with E-state index >= 15 is 0 Å². The Morgan fingerprint density at radius 1 is 1.22 bits per heavy atom. The first-order chi connectivity index (χ1) is 13.1. The molecule has 134 valence electrons. The predicted octanol–water partition coefficient (Wildman–Crippen LogP) is 4.47. The number of nitriles is 1. The summed E-state index contributed by atoms with van der Waals surface area (Å²) in [6, 6.07) is 19.0. The predicted molar refractivity (Wildman–Crippen MR) is 107 cm³/mol. The van der Waals surface area contributed by atoms with E-state index in [2.05, 4.69) is 16.4 Å².